The Kier molecular flexibility index (Phi) is 3.76. The van der Waals surface area contributed by atoms with Gasteiger partial charge in [0.1, 0.15) is 5.82 Å². The molecule has 116 valence electrons. The molecule has 0 unspecified atom stereocenters. The normalized spacial score (nSPS) is 23.7. The lowest BCUT2D eigenvalue weighted by Crippen LogP contribution is -2.51. The number of nitrogens with zero attached hydrogens (tertiary/aromatic N) is 5. The summed E-state index contributed by atoms with van der Waals surface area (Å²) in [7, 11) is 3.33. The molecule has 3 atom stereocenters. The molecule has 0 spiro atoms. The van der Waals surface area contributed by atoms with Crippen LogP contribution >= 0.6 is 0 Å². The van der Waals surface area contributed by atoms with Crippen molar-refractivity contribution in [1.82, 2.24) is 24.9 Å². The van der Waals surface area contributed by atoms with E-state index >= 15 is 0 Å². The van der Waals surface area contributed by atoms with Gasteiger partial charge in [0, 0.05) is 26.5 Å². The molecule has 2 N–H and O–H groups in total. The summed E-state index contributed by atoms with van der Waals surface area (Å²) in [4.78, 5) is 13.2. The Labute approximate surface area is 127 Å². The molecule has 0 aromatic carbocycles. The van der Waals surface area contributed by atoms with Gasteiger partial charge in [-0.3, -0.25) is 9.48 Å². The van der Waals surface area contributed by atoms with Gasteiger partial charge in [0.15, 0.2) is 5.69 Å². The number of hydrogen-bond donors (Lipinski definition) is 2. The highest BCUT2D eigenvalue weighted by atomic mass is 16.3. The van der Waals surface area contributed by atoms with Crippen LogP contribution in [0, 0.1) is 0 Å². The van der Waals surface area contributed by atoms with Crippen molar-refractivity contribution in [3.05, 3.63) is 36.3 Å². The van der Waals surface area contributed by atoms with E-state index in [1.165, 1.54) is 4.90 Å². The molecule has 1 aliphatic rings. The van der Waals surface area contributed by atoms with E-state index in [0.29, 0.717) is 17.9 Å². The van der Waals surface area contributed by atoms with E-state index in [0.717, 1.165) is 0 Å². The Bertz CT molecular complexity index is 640. The van der Waals surface area contributed by atoms with Crippen LogP contribution in [-0.4, -0.2) is 62.1 Å². The van der Waals surface area contributed by atoms with Crippen molar-refractivity contribution in [2.45, 2.75) is 24.6 Å². The van der Waals surface area contributed by atoms with Crippen molar-refractivity contribution in [2.24, 2.45) is 0 Å². The highest BCUT2D eigenvalue weighted by molar-refractivity contribution is 5.91. The van der Waals surface area contributed by atoms with Gasteiger partial charge in [0.25, 0.3) is 5.91 Å². The van der Waals surface area contributed by atoms with Crippen LogP contribution in [0.25, 0.3) is 0 Å². The van der Waals surface area contributed by atoms with E-state index in [9.17, 15) is 9.90 Å². The maximum absolute atomic E-state index is 11.8. The largest absolute Gasteiger partial charge is 0.391 e. The van der Waals surface area contributed by atoms with Gasteiger partial charge < -0.3 is 15.3 Å². The Balaban J connectivity index is 1.68. The van der Waals surface area contributed by atoms with E-state index in [4.69, 9.17) is 0 Å². The average Bonchev–Trinajstić information content (AvgIpc) is 2.99. The lowest BCUT2D eigenvalue weighted by atomic mass is 9.83. The summed E-state index contributed by atoms with van der Waals surface area (Å²) in [5.74, 6) is 0.386. The predicted octanol–water partition coefficient (Wildman–Crippen LogP) is 0.161. The van der Waals surface area contributed by atoms with Crippen LogP contribution in [0.1, 0.15) is 23.0 Å². The van der Waals surface area contributed by atoms with Crippen LogP contribution in [0.2, 0.25) is 0 Å². The van der Waals surface area contributed by atoms with E-state index in [-0.39, 0.29) is 18.0 Å². The second kappa shape index (κ2) is 5.72. The number of hydrogen-bond acceptors (Lipinski definition) is 6. The van der Waals surface area contributed by atoms with Gasteiger partial charge in [-0.05, 0) is 24.6 Å². The summed E-state index contributed by atoms with van der Waals surface area (Å²) in [6, 6.07) is 5.08. The van der Waals surface area contributed by atoms with Crippen LogP contribution in [0.5, 0.6) is 0 Å². The fraction of sp³-hybridized carbons (Fsp3) is 0.429. The van der Waals surface area contributed by atoms with Crippen LogP contribution < -0.4 is 5.32 Å². The topological polar surface area (TPSA) is 96.2 Å². The van der Waals surface area contributed by atoms with Crippen LogP contribution in [0.15, 0.2) is 30.6 Å². The third kappa shape index (κ3) is 2.64. The SMILES string of the molecule is CN(C)C(=O)c1ccc(N[C@H]2C[C@@H](O)[C@@H]2n2cccn2)nn1. The fourth-order valence-corrected chi connectivity index (χ4v) is 2.52. The van der Waals surface area contributed by atoms with Gasteiger partial charge in [-0.25, -0.2) is 0 Å². The molecule has 0 radical (unpaired) electrons. The maximum Gasteiger partial charge on any atom is 0.273 e. The van der Waals surface area contributed by atoms with Crippen LogP contribution in [-0.2, 0) is 0 Å². The molecular weight excluding hydrogens is 284 g/mol. The van der Waals surface area contributed by atoms with E-state index in [2.05, 4.69) is 20.6 Å². The number of aliphatic hydroxyl groups excluding tert-OH is 1. The van der Waals surface area contributed by atoms with Crippen molar-refractivity contribution in [3.63, 3.8) is 0 Å². The molecule has 0 aliphatic heterocycles. The van der Waals surface area contributed by atoms with Crippen LogP contribution in [0.4, 0.5) is 5.82 Å². The highest BCUT2D eigenvalue weighted by Gasteiger charge is 2.42. The first-order chi connectivity index (χ1) is 10.6. The first kappa shape index (κ1) is 14.5. The number of aliphatic hydroxyl groups is 1. The molecule has 8 nitrogen and oxygen atoms in total. The summed E-state index contributed by atoms with van der Waals surface area (Å²) in [5.41, 5.74) is 0.299. The number of nitrogens with one attached hydrogen (secondary N) is 1. The Hall–Kier alpha value is -2.48. The molecule has 3 rings (SSSR count). The lowest BCUT2D eigenvalue weighted by Gasteiger charge is -2.42. The molecule has 8 heteroatoms. The summed E-state index contributed by atoms with van der Waals surface area (Å²) >= 11 is 0. The number of anilines is 1. The van der Waals surface area contributed by atoms with Crippen molar-refractivity contribution in [1.29, 1.82) is 0 Å². The quantitative estimate of drug-likeness (QED) is 0.835. The van der Waals surface area contributed by atoms with Gasteiger partial charge in [0.05, 0.1) is 18.2 Å². The minimum absolute atomic E-state index is 0.0274. The molecule has 2 heterocycles. The van der Waals surface area contributed by atoms with Crippen molar-refractivity contribution in [2.75, 3.05) is 19.4 Å². The fourth-order valence-electron chi connectivity index (χ4n) is 2.52. The van der Waals surface area contributed by atoms with Crippen molar-refractivity contribution in [3.8, 4) is 0 Å². The Morgan fingerprint density at radius 1 is 1.41 bits per heavy atom. The molecule has 22 heavy (non-hydrogen) atoms. The molecule has 1 saturated carbocycles. The Morgan fingerprint density at radius 3 is 2.77 bits per heavy atom. The zero-order valence-electron chi connectivity index (χ0n) is 12.4. The highest BCUT2D eigenvalue weighted by Crippen LogP contribution is 2.34. The number of amides is 1. The van der Waals surface area contributed by atoms with Gasteiger partial charge >= 0.3 is 0 Å². The summed E-state index contributed by atoms with van der Waals surface area (Å²) in [6.45, 7) is 0. The summed E-state index contributed by atoms with van der Waals surface area (Å²) < 4.78 is 1.74. The molecule has 0 bridgehead atoms. The minimum atomic E-state index is -0.431. The van der Waals surface area contributed by atoms with E-state index in [1.807, 2.05) is 12.3 Å². The van der Waals surface area contributed by atoms with Crippen molar-refractivity contribution < 1.29 is 9.90 Å². The molecule has 0 saturated heterocycles. The summed E-state index contributed by atoms with van der Waals surface area (Å²) in [6.07, 6.45) is 3.69. The van der Waals surface area contributed by atoms with E-state index < -0.39 is 6.10 Å². The van der Waals surface area contributed by atoms with Gasteiger partial charge in [0.2, 0.25) is 0 Å². The molecule has 1 amide bonds. The summed E-state index contributed by atoms with van der Waals surface area (Å²) in [5, 5.41) is 25.3. The zero-order valence-corrected chi connectivity index (χ0v) is 12.4. The van der Waals surface area contributed by atoms with Crippen LogP contribution in [0.3, 0.4) is 0 Å². The minimum Gasteiger partial charge on any atom is -0.391 e. The molecule has 2 aromatic rings. The lowest BCUT2D eigenvalue weighted by molar-refractivity contribution is 0.0133. The number of carbonyl (C=O) groups is 1. The molecule has 1 aliphatic carbocycles. The second-order valence-electron chi connectivity index (χ2n) is 5.53. The smallest absolute Gasteiger partial charge is 0.273 e. The molecule has 2 aromatic heterocycles. The number of aromatic nitrogens is 4. The van der Waals surface area contributed by atoms with E-state index in [1.54, 1.807) is 37.1 Å². The van der Waals surface area contributed by atoms with Crippen molar-refractivity contribution >= 4 is 11.7 Å². The third-order valence-corrected chi connectivity index (χ3v) is 3.76. The second-order valence-corrected chi connectivity index (χ2v) is 5.53. The number of rotatable bonds is 4. The first-order valence-electron chi connectivity index (χ1n) is 7.05. The zero-order chi connectivity index (χ0) is 15.7. The monoisotopic (exact) mass is 302 g/mol. The van der Waals surface area contributed by atoms with Gasteiger partial charge in [-0.2, -0.15) is 5.10 Å². The molecular formula is C14H18N6O2. The predicted molar refractivity (Wildman–Crippen MR) is 79.3 cm³/mol. The number of carbonyl (C=O) groups excluding carboxylic acids is 1. The maximum atomic E-state index is 11.8. The standard InChI is InChI=1S/C14H18N6O2/c1-19(2)14(22)9-4-5-12(18-17-9)16-10-8-11(21)13(10)20-7-3-6-15-20/h3-7,10-11,13,21H,8H2,1-2H3,(H,16,18)/t10-,11+,13+/m0/s1. The average molecular weight is 302 g/mol. The first-order valence-corrected chi connectivity index (χ1v) is 7.05. The third-order valence-electron chi connectivity index (χ3n) is 3.76. The van der Waals surface area contributed by atoms with Gasteiger partial charge in [-0.1, -0.05) is 0 Å². The van der Waals surface area contributed by atoms with Gasteiger partial charge in [-0.15, -0.1) is 10.2 Å². The molecule has 1 fully saturated rings. The Morgan fingerprint density at radius 2 is 2.23 bits per heavy atom.